The minimum absolute atomic E-state index is 0.191. The fourth-order valence-electron chi connectivity index (χ4n) is 6.74. The average Bonchev–Trinajstić information content (AvgIpc) is 3.23. The van der Waals surface area contributed by atoms with Crippen molar-refractivity contribution in [1.82, 2.24) is 0 Å². The van der Waals surface area contributed by atoms with Crippen molar-refractivity contribution in [3.05, 3.63) is 24.2 Å². The highest BCUT2D eigenvalue weighted by atomic mass is 16.6. The minimum Gasteiger partial charge on any atom is -0.472 e. The van der Waals surface area contributed by atoms with Crippen molar-refractivity contribution in [3.63, 3.8) is 0 Å². The lowest BCUT2D eigenvalue weighted by molar-refractivity contribution is -0.240. The number of carbonyl (C=O) groups excluding carboxylic acids is 3. The highest BCUT2D eigenvalue weighted by molar-refractivity contribution is 5.76. The quantitative estimate of drug-likeness (QED) is 0.571. The van der Waals surface area contributed by atoms with Crippen LogP contribution < -0.4 is 0 Å². The number of aliphatic hydroxyl groups is 1. The van der Waals surface area contributed by atoms with E-state index in [1.165, 1.54) is 20.3 Å². The molecule has 3 aliphatic rings. The first-order valence-electron chi connectivity index (χ1n) is 10.8. The second kappa shape index (κ2) is 7.65. The summed E-state index contributed by atoms with van der Waals surface area (Å²) in [4.78, 5) is 37.6. The maximum absolute atomic E-state index is 13.0. The van der Waals surface area contributed by atoms with E-state index >= 15 is 0 Å². The molecule has 8 atom stereocenters. The molecule has 8 heteroatoms. The lowest BCUT2D eigenvalue weighted by Crippen LogP contribution is -2.66. The van der Waals surface area contributed by atoms with Gasteiger partial charge in [-0.1, -0.05) is 13.8 Å². The highest BCUT2D eigenvalue weighted by Crippen LogP contribution is 2.66. The molecule has 0 spiro atoms. The molecule has 31 heavy (non-hydrogen) atoms. The number of fused-ring (bicyclic) bond motifs is 3. The van der Waals surface area contributed by atoms with E-state index in [9.17, 15) is 19.5 Å². The molecular formula is C23H30O8. The number of hydrogen-bond acceptors (Lipinski definition) is 8. The molecule has 1 aliphatic heterocycles. The molecule has 8 nitrogen and oxygen atoms in total. The van der Waals surface area contributed by atoms with E-state index in [4.69, 9.17) is 18.6 Å². The third-order valence-electron chi connectivity index (χ3n) is 8.06. The summed E-state index contributed by atoms with van der Waals surface area (Å²) in [5.41, 5.74) is -0.534. The van der Waals surface area contributed by atoms with Crippen molar-refractivity contribution in [2.45, 2.75) is 64.8 Å². The summed E-state index contributed by atoms with van der Waals surface area (Å²) in [5.74, 6) is -2.66. The number of cyclic esters (lactones) is 1. The fraction of sp³-hybridized carbons (Fsp3) is 0.696. The lowest BCUT2D eigenvalue weighted by atomic mass is 9.42. The van der Waals surface area contributed by atoms with Crippen LogP contribution in [0.15, 0.2) is 23.0 Å². The first kappa shape index (κ1) is 21.9. The van der Waals surface area contributed by atoms with E-state index in [0.29, 0.717) is 19.3 Å². The van der Waals surface area contributed by atoms with Gasteiger partial charge in [0.15, 0.2) is 0 Å². The number of carbonyl (C=O) groups is 3. The van der Waals surface area contributed by atoms with Crippen LogP contribution in [0.25, 0.3) is 0 Å². The molecule has 4 rings (SSSR count). The van der Waals surface area contributed by atoms with Crippen LogP contribution in [-0.2, 0) is 28.6 Å². The summed E-state index contributed by atoms with van der Waals surface area (Å²) in [6, 6.07) is 1.76. The van der Waals surface area contributed by atoms with Crippen LogP contribution in [0, 0.1) is 28.6 Å². The highest BCUT2D eigenvalue weighted by Gasteiger charge is 2.67. The molecule has 1 N–H and O–H groups in total. The van der Waals surface area contributed by atoms with Gasteiger partial charge in [0.1, 0.15) is 12.2 Å². The van der Waals surface area contributed by atoms with E-state index in [2.05, 4.69) is 0 Å². The average molecular weight is 434 g/mol. The number of ether oxygens (including phenoxy) is 3. The summed E-state index contributed by atoms with van der Waals surface area (Å²) in [6.45, 7) is 5.26. The summed E-state index contributed by atoms with van der Waals surface area (Å²) >= 11 is 0. The fourth-order valence-corrected chi connectivity index (χ4v) is 6.74. The Morgan fingerprint density at radius 3 is 2.61 bits per heavy atom. The molecule has 0 amide bonds. The van der Waals surface area contributed by atoms with Gasteiger partial charge in [0.2, 0.25) is 0 Å². The van der Waals surface area contributed by atoms with Gasteiger partial charge in [-0.2, -0.15) is 0 Å². The molecule has 2 heterocycles. The van der Waals surface area contributed by atoms with Crippen molar-refractivity contribution in [1.29, 1.82) is 0 Å². The van der Waals surface area contributed by atoms with Gasteiger partial charge in [-0.25, -0.2) is 0 Å². The largest absolute Gasteiger partial charge is 0.472 e. The first-order chi connectivity index (χ1) is 14.6. The third-order valence-corrected chi connectivity index (χ3v) is 8.06. The van der Waals surface area contributed by atoms with Crippen LogP contribution in [0.5, 0.6) is 0 Å². The predicted molar refractivity (Wildman–Crippen MR) is 106 cm³/mol. The number of esters is 3. The molecule has 0 radical (unpaired) electrons. The van der Waals surface area contributed by atoms with Gasteiger partial charge in [-0.15, -0.1) is 0 Å². The van der Waals surface area contributed by atoms with Crippen molar-refractivity contribution in [3.8, 4) is 0 Å². The molecular weight excluding hydrogens is 404 g/mol. The third kappa shape index (κ3) is 3.35. The molecule has 0 bridgehead atoms. The molecule has 1 saturated heterocycles. The Balaban J connectivity index is 1.78. The Hall–Kier alpha value is -2.35. The van der Waals surface area contributed by atoms with Crippen LogP contribution in [0.1, 0.15) is 58.1 Å². The van der Waals surface area contributed by atoms with Crippen molar-refractivity contribution >= 4 is 17.9 Å². The van der Waals surface area contributed by atoms with Gasteiger partial charge in [0, 0.05) is 24.8 Å². The maximum Gasteiger partial charge on any atom is 0.310 e. The van der Waals surface area contributed by atoms with E-state index in [0.717, 1.165) is 5.56 Å². The summed E-state index contributed by atoms with van der Waals surface area (Å²) < 4.78 is 21.5. The van der Waals surface area contributed by atoms with Gasteiger partial charge < -0.3 is 23.7 Å². The molecule has 2 aliphatic carbocycles. The van der Waals surface area contributed by atoms with Gasteiger partial charge in [0.05, 0.1) is 37.6 Å². The van der Waals surface area contributed by atoms with Gasteiger partial charge in [0.25, 0.3) is 0 Å². The molecule has 1 aromatic rings. The van der Waals surface area contributed by atoms with Gasteiger partial charge in [-0.3, -0.25) is 14.4 Å². The van der Waals surface area contributed by atoms with Crippen LogP contribution in [0.4, 0.5) is 0 Å². The monoisotopic (exact) mass is 434 g/mol. The Labute approximate surface area is 181 Å². The summed E-state index contributed by atoms with van der Waals surface area (Å²) in [6.07, 6.45) is 2.50. The minimum atomic E-state index is -1.02. The first-order valence-corrected chi connectivity index (χ1v) is 10.8. The number of furan rings is 1. The zero-order valence-electron chi connectivity index (χ0n) is 18.3. The van der Waals surface area contributed by atoms with E-state index in [-0.39, 0.29) is 18.4 Å². The van der Waals surface area contributed by atoms with Crippen LogP contribution in [0.2, 0.25) is 0 Å². The van der Waals surface area contributed by atoms with Crippen molar-refractivity contribution in [2.24, 2.45) is 28.6 Å². The zero-order valence-corrected chi connectivity index (χ0v) is 18.3. The van der Waals surface area contributed by atoms with Crippen molar-refractivity contribution < 1.29 is 38.1 Å². The van der Waals surface area contributed by atoms with E-state index in [1.54, 1.807) is 12.3 Å². The normalized spacial score (nSPS) is 42.0. The SMILES string of the molecule is COC(=O)[C@@H]1C[C@H](OC(C)=O)C(O)C2[C@@]1(C)CC[C@H]1C(=O)O[C@H](c3ccoc3)C[C@]21C. The second-order valence-electron chi connectivity index (χ2n) is 9.72. The Morgan fingerprint density at radius 2 is 2.00 bits per heavy atom. The molecule has 170 valence electrons. The van der Waals surface area contributed by atoms with Crippen LogP contribution >= 0.6 is 0 Å². The van der Waals surface area contributed by atoms with Gasteiger partial charge >= 0.3 is 17.9 Å². The van der Waals surface area contributed by atoms with Gasteiger partial charge in [-0.05, 0) is 36.2 Å². The number of rotatable bonds is 3. The summed E-state index contributed by atoms with van der Waals surface area (Å²) in [5, 5.41) is 11.5. The zero-order chi connectivity index (χ0) is 22.6. The molecule has 2 saturated carbocycles. The number of hydrogen-bond donors (Lipinski definition) is 1. The van der Waals surface area contributed by atoms with Crippen molar-refractivity contribution in [2.75, 3.05) is 7.11 Å². The lowest BCUT2D eigenvalue weighted by Gasteiger charge is -2.63. The van der Waals surface area contributed by atoms with E-state index < -0.39 is 52.9 Å². The molecule has 1 aromatic heterocycles. The topological polar surface area (TPSA) is 112 Å². The molecule has 3 fully saturated rings. The Morgan fingerprint density at radius 1 is 1.26 bits per heavy atom. The smallest absolute Gasteiger partial charge is 0.310 e. The number of aliphatic hydroxyl groups excluding tert-OH is 1. The molecule has 2 unspecified atom stereocenters. The molecule has 0 aromatic carbocycles. The Kier molecular flexibility index (Phi) is 5.40. The standard InChI is InChI=1S/C23H30O8/c1-12(24)30-16-9-15(20(26)28-4)22(2)7-5-14-21(27)31-17(13-6-8-29-11-13)10-23(14,3)19(22)18(16)25/h6,8,11,14-19,25H,5,7,9-10H2,1-4H3/t14-,15-,16-,17-,18?,19?,22-,23-/m0/s1. The van der Waals surface area contributed by atoms with E-state index in [1.807, 2.05) is 13.8 Å². The summed E-state index contributed by atoms with van der Waals surface area (Å²) in [7, 11) is 1.34. The van der Waals surface area contributed by atoms with Crippen LogP contribution in [-0.4, -0.2) is 42.3 Å². The second-order valence-corrected chi connectivity index (χ2v) is 9.72. The van der Waals surface area contributed by atoms with Crippen LogP contribution in [0.3, 0.4) is 0 Å². The number of methoxy groups -OCH3 is 1. The Bertz CT molecular complexity index is 863. The maximum atomic E-state index is 13.0. The predicted octanol–water partition coefficient (Wildman–Crippen LogP) is 2.79.